The number of rotatable bonds is 7. The van der Waals surface area contributed by atoms with Crippen molar-refractivity contribution in [3.63, 3.8) is 0 Å². The van der Waals surface area contributed by atoms with E-state index in [1.807, 2.05) is 30.3 Å². The third-order valence-corrected chi connectivity index (χ3v) is 9.87. The number of likely N-dealkylation sites (tertiary alicyclic amines) is 2. The van der Waals surface area contributed by atoms with Crippen LogP contribution in [0.4, 0.5) is 0 Å². The normalized spacial score (nSPS) is 21.1. The third kappa shape index (κ3) is 6.05. The summed E-state index contributed by atoms with van der Waals surface area (Å²) >= 11 is 12.0. The lowest BCUT2D eigenvalue weighted by atomic mass is 9.71. The van der Waals surface area contributed by atoms with Gasteiger partial charge < -0.3 is 9.80 Å². The number of halogens is 2. The molecule has 1 saturated carbocycles. The molecule has 3 fully saturated rings. The van der Waals surface area contributed by atoms with Gasteiger partial charge in [-0.25, -0.2) is 0 Å². The van der Waals surface area contributed by atoms with Crippen molar-refractivity contribution >= 4 is 46.8 Å². The number of benzene rings is 2. The first-order valence-corrected chi connectivity index (χ1v) is 15.4. The fourth-order valence-electron chi connectivity index (χ4n) is 6.40. The second-order valence-electron chi connectivity index (χ2n) is 12.9. The molecule has 1 unspecified atom stereocenters. The Bertz CT molecular complexity index is 1620. The summed E-state index contributed by atoms with van der Waals surface area (Å²) in [5.41, 5.74) is 6.57. The van der Waals surface area contributed by atoms with Crippen LogP contribution in [0.3, 0.4) is 0 Å². The fourth-order valence-corrected chi connectivity index (χ4v) is 6.72. The summed E-state index contributed by atoms with van der Waals surface area (Å²) in [5, 5.41) is 5.09. The van der Waals surface area contributed by atoms with Crippen LogP contribution in [0, 0.1) is 22.7 Å². The Labute approximate surface area is 265 Å². The highest BCUT2D eigenvalue weighted by molar-refractivity contribution is 6.42. The smallest absolute Gasteiger partial charge is 0.257 e. The summed E-state index contributed by atoms with van der Waals surface area (Å²) in [5.74, 6) is -1.59. The Morgan fingerprint density at radius 1 is 0.909 bits per heavy atom. The van der Waals surface area contributed by atoms with Crippen molar-refractivity contribution < 1.29 is 19.2 Å². The van der Waals surface area contributed by atoms with Gasteiger partial charge in [0.1, 0.15) is 0 Å². The average molecular weight is 638 g/mol. The second-order valence-corrected chi connectivity index (χ2v) is 13.7. The minimum absolute atomic E-state index is 0.00715. The predicted octanol–water partition coefficient (Wildman–Crippen LogP) is 3.58. The molecule has 44 heavy (non-hydrogen) atoms. The predicted molar refractivity (Wildman–Crippen MR) is 165 cm³/mol. The minimum Gasteiger partial charge on any atom is -0.341 e. The molecule has 6 rings (SSSR count). The van der Waals surface area contributed by atoms with Crippen molar-refractivity contribution in [2.75, 3.05) is 26.2 Å². The molecule has 3 aromatic rings. The maximum atomic E-state index is 13.6. The van der Waals surface area contributed by atoms with Gasteiger partial charge in [0, 0.05) is 43.7 Å². The highest BCUT2D eigenvalue weighted by atomic mass is 35.5. The molecule has 2 atom stereocenters. The molecule has 12 heteroatoms. The van der Waals surface area contributed by atoms with E-state index in [0.717, 1.165) is 12.0 Å². The SMILES string of the molecule is CC1(C)C[C@@H]1C(=O)N1CC2(CN(C(=O)c3cnn(Cc4ccccc4)c3)CC2C(=O)NNC(=O)Cc2ccc(Cl)c(Cl)c2)C1. The van der Waals surface area contributed by atoms with E-state index in [2.05, 4.69) is 29.8 Å². The highest BCUT2D eigenvalue weighted by Gasteiger charge is 2.61. The molecule has 2 aliphatic heterocycles. The van der Waals surface area contributed by atoms with Gasteiger partial charge in [-0.15, -0.1) is 0 Å². The van der Waals surface area contributed by atoms with Gasteiger partial charge in [0.15, 0.2) is 0 Å². The van der Waals surface area contributed by atoms with Gasteiger partial charge in [-0.05, 0) is 35.1 Å². The topological polar surface area (TPSA) is 117 Å². The van der Waals surface area contributed by atoms with Gasteiger partial charge in [-0.2, -0.15) is 5.10 Å². The molecule has 230 valence electrons. The summed E-state index contributed by atoms with van der Waals surface area (Å²) in [6.07, 6.45) is 4.09. The van der Waals surface area contributed by atoms with E-state index in [4.69, 9.17) is 23.2 Å². The summed E-state index contributed by atoms with van der Waals surface area (Å²) in [6, 6.07) is 14.7. The lowest BCUT2D eigenvalue weighted by Gasteiger charge is -2.50. The standard InChI is InChI=1S/C32H34Cl2N6O4/c1-31(2)12-23(31)30(44)39-18-32(19-39)17-38(29(43)22-13-35-40(15-22)14-20-6-4-3-5-7-20)16-24(32)28(42)37-36-27(41)11-21-8-9-25(33)26(34)10-21/h3-10,13,15,23-24H,11-12,14,16-19H2,1-2H3,(H,36,41)(H,37,42)/t23-,24?/m1/s1. The van der Waals surface area contributed by atoms with E-state index in [1.54, 1.807) is 45.1 Å². The van der Waals surface area contributed by atoms with Crippen molar-refractivity contribution in [2.45, 2.75) is 33.2 Å². The zero-order chi connectivity index (χ0) is 31.2. The molecule has 2 N–H and O–H groups in total. The Morgan fingerprint density at radius 2 is 1.61 bits per heavy atom. The number of nitrogens with one attached hydrogen (secondary N) is 2. The largest absolute Gasteiger partial charge is 0.341 e. The van der Waals surface area contributed by atoms with Crippen molar-refractivity contribution in [2.24, 2.45) is 22.7 Å². The lowest BCUT2D eigenvalue weighted by Crippen LogP contribution is -2.65. The number of hydrogen-bond donors (Lipinski definition) is 2. The number of carbonyl (C=O) groups excluding carboxylic acids is 4. The van der Waals surface area contributed by atoms with Gasteiger partial charge >= 0.3 is 0 Å². The monoisotopic (exact) mass is 636 g/mol. The highest BCUT2D eigenvalue weighted by Crippen LogP contribution is 2.54. The molecule has 0 radical (unpaired) electrons. The van der Waals surface area contributed by atoms with Crippen molar-refractivity contribution in [1.29, 1.82) is 0 Å². The molecule has 0 bridgehead atoms. The van der Waals surface area contributed by atoms with Crippen LogP contribution < -0.4 is 10.9 Å². The van der Waals surface area contributed by atoms with Crippen LogP contribution in [0.25, 0.3) is 0 Å². The zero-order valence-electron chi connectivity index (χ0n) is 24.6. The van der Waals surface area contributed by atoms with Crippen LogP contribution in [0.2, 0.25) is 10.0 Å². The van der Waals surface area contributed by atoms with Gasteiger partial charge in [-0.1, -0.05) is 73.4 Å². The van der Waals surface area contributed by atoms with Gasteiger partial charge in [0.05, 0.1) is 40.7 Å². The third-order valence-electron chi connectivity index (χ3n) is 9.13. The van der Waals surface area contributed by atoms with Crippen molar-refractivity contribution in [1.82, 2.24) is 30.4 Å². The number of nitrogens with zero attached hydrogens (tertiary/aromatic N) is 4. The number of amides is 4. The summed E-state index contributed by atoms with van der Waals surface area (Å²) < 4.78 is 1.71. The van der Waals surface area contributed by atoms with Crippen LogP contribution >= 0.6 is 23.2 Å². The fraction of sp³-hybridized carbons (Fsp3) is 0.406. The van der Waals surface area contributed by atoms with Crippen LogP contribution in [0.5, 0.6) is 0 Å². The Kier molecular flexibility index (Phi) is 7.92. The van der Waals surface area contributed by atoms with Crippen LogP contribution in [-0.2, 0) is 27.3 Å². The minimum atomic E-state index is -0.618. The molecule has 3 heterocycles. The molecule has 2 saturated heterocycles. The number of carbonyl (C=O) groups is 4. The Morgan fingerprint density at radius 3 is 2.30 bits per heavy atom. The van der Waals surface area contributed by atoms with E-state index in [9.17, 15) is 19.2 Å². The molecule has 1 aliphatic carbocycles. The quantitative estimate of drug-likeness (QED) is 0.385. The van der Waals surface area contributed by atoms with Crippen molar-refractivity contribution in [3.05, 3.63) is 87.7 Å². The molecular weight excluding hydrogens is 603 g/mol. The molecule has 2 aromatic carbocycles. The second kappa shape index (κ2) is 11.6. The van der Waals surface area contributed by atoms with Crippen molar-refractivity contribution in [3.8, 4) is 0 Å². The molecule has 10 nitrogen and oxygen atoms in total. The van der Waals surface area contributed by atoms with Crippen LogP contribution in [0.15, 0.2) is 60.9 Å². The van der Waals surface area contributed by atoms with E-state index in [-0.39, 0.29) is 36.1 Å². The lowest BCUT2D eigenvalue weighted by molar-refractivity contribution is -0.152. The van der Waals surface area contributed by atoms with Gasteiger partial charge in [0.2, 0.25) is 17.7 Å². The molecule has 1 spiro atoms. The maximum Gasteiger partial charge on any atom is 0.257 e. The molecule has 4 amide bonds. The molecule has 3 aliphatic rings. The molecule has 1 aromatic heterocycles. The summed E-state index contributed by atoms with van der Waals surface area (Å²) in [4.78, 5) is 56.3. The summed E-state index contributed by atoms with van der Waals surface area (Å²) in [6.45, 7) is 5.93. The number of aromatic nitrogens is 2. The van der Waals surface area contributed by atoms with E-state index >= 15 is 0 Å². The van der Waals surface area contributed by atoms with Gasteiger partial charge in [-0.3, -0.25) is 34.7 Å². The average Bonchev–Trinajstić information content (AvgIpc) is 3.30. The first-order chi connectivity index (χ1) is 20.9. The first kappa shape index (κ1) is 30.1. The van der Waals surface area contributed by atoms with Crippen LogP contribution in [-0.4, -0.2) is 69.4 Å². The van der Waals surface area contributed by atoms with E-state index < -0.39 is 23.1 Å². The Balaban J connectivity index is 1.13. The van der Waals surface area contributed by atoms with E-state index in [0.29, 0.717) is 47.4 Å². The summed E-state index contributed by atoms with van der Waals surface area (Å²) in [7, 11) is 0. The maximum absolute atomic E-state index is 13.6. The van der Waals surface area contributed by atoms with E-state index in [1.165, 1.54) is 0 Å². The number of hydrazine groups is 1. The number of hydrogen-bond acceptors (Lipinski definition) is 5. The van der Waals surface area contributed by atoms with Crippen LogP contribution in [0.1, 0.15) is 41.8 Å². The first-order valence-electron chi connectivity index (χ1n) is 14.6. The molecular formula is C32H34Cl2N6O4. The Hall–Kier alpha value is -3.89. The van der Waals surface area contributed by atoms with Gasteiger partial charge in [0.25, 0.3) is 5.91 Å². The zero-order valence-corrected chi connectivity index (χ0v) is 26.1.